The largest absolute Gasteiger partial charge is 0.333 e. The van der Waals surface area contributed by atoms with Gasteiger partial charge in [0.1, 0.15) is 18.9 Å². The molecule has 2 aromatic carbocycles. The summed E-state index contributed by atoms with van der Waals surface area (Å²) in [6.07, 6.45) is 0.960. The number of imide groups is 1. The number of benzene rings is 2. The molecule has 1 fully saturated rings. The van der Waals surface area contributed by atoms with Crippen LogP contribution in [0.15, 0.2) is 53.5 Å². The number of carbonyl (C=O) groups excluding carboxylic acids is 2. The van der Waals surface area contributed by atoms with Gasteiger partial charge in [0.05, 0.1) is 0 Å². The highest BCUT2D eigenvalue weighted by Gasteiger charge is 2.53. The molecule has 8 heteroatoms. The van der Waals surface area contributed by atoms with Crippen LogP contribution in [0.3, 0.4) is 0 Å². The number of amidine groups is 2. The second kappa shape index (κ2) is 7.94. The zero-order valence-electron chi connectivity index (χ0n) is 18.2. The first kappa shape index (κ1) is 20.5. The van der Waals surface area contributed by atoms with Crippen molar-refractivity contribution in [3.63, 3.8) is 0 Å². The maximum absolute atomic E-state index is 13.4. The monoisotopic (exact) mass is 434 g/mol. The first-order valence-corrected chi connectivity index (χ1v) is 10.7. The van der Waals surface area contributed by atoms with Crippen molar-refractivity contribution in [1.29, 1.82) is 0 Å². The van der Waals surface area contributed by atoms with E-state index in [2.05, 4.69) is 29.2 Å². The van der Waals surface area contributed by atoms with E-state index >= 15 is 0 Å². The van der Waals surface area contributed by atoms with Crippen molar-refractivity contribution in [2.75, 3.05) is 27.2 Å². The van der Waals surface area contributed by atoms with Crippen molar-refractivity contribution in [3.8, 4) is 0 Å². The van der Waals surface area contributed by atoms with E-state index in [4.69, 9.17) is 4.99 Å². The highest BCUT2D eigenvalue weighted by molar-refractivity contribution is 6.23. The smallest absolute Gasteiger partial charge is 0.287 e. The average molecular weight is 434 g/mol. The summed E-state index contributed by atoms with van der Waals surface area (Å²) in [7, 11) is 3.14. The van der Waals surface area contributed by atoms with Crippen LogP contribution in [-0.4, -0.2) is 76.1 Å². The van der Waals surface area contributed by atoms with E-state index in [0.717, 1.165) is 35.8 Å². The predicted molar refractivity (Wildman–Crippen MR) is 118 cm³/mol. The Balaban J connectivity index is 1.49. The van der Waals surface area contributed by atoms with Crippen molar-refractivity contribution >= 4 is 23.6 Å². The van der Waals surface area contributed by atoms with Gasteiger partial charge < -0.3 is 0 Å². The Morgan fingerprint density at radius 1 is 1.03 bits per heavy atom. The Labute approximate surface area is 186 Å². The van der Waals surface area contributed by atoms with Crippen LogP contribution in [0.5, 0.6) is 0 Å². The summed E-state index contributed by atoms with van der Waals surface area (Å²) in [5.41, 5.74) is 3.54. The molecule has 0 aromatic heterocycles. The van der Waals surface area contributed by atoms with Crippen LogP contribution in [0.1, 0.15) is 16.7 Å². The third kappa shape index (κ3) is 3.50. The maximum atomic E-state index is 13.4. The highest BCUT2D eigenvalue weighted by atomic mass is 19.1. The van der Waals surface area contributed by atoms with Crippen LogP contribution >= 0.6 is 0 Å². The Morgan fingerprint density at radius 3 is 2.50 bits per heavy atom. The molecule has 0 spiro atoms. The molecule has 0 radical (unpaired) electrons. The SMILES string of the molecule is CN1C(=O)C2C(=NC(CN3CCc4ccccc4C3)=[N+]2Cc2ccc(F)cc2)N(C)C1=O. The average Bonchev–Trinajstić information content (AvgIpc) is 3.15. The lowest BCUT2D eigenvalue weighted by molar-refractivity contribution is -0.552. The number of carbonyl (C=O) groups is 2. The lowest BCUT2D eigenvalue weighted by Gasteiger charge is -2.31. The Kier molecular flexibility index (Phi) is 5.09. The van der Waals surface area contributed by atoms with Gasteiger partial charge in [0.15, 0.2) is 0 Å². The van der Waals surface area contributed by atoms with Gasteiger partial charge in [-0.2, -0.15) is 0 Å². The fourth-order valence-corrected chi connectivity index (χ4v) is 4.63. The summed E-state index contributed by atoms with van der Waals surface area (Å²) < 4.78 is 15.4. The van der Waals surface area contributed by atoms with E-state index in [0.29, 0.717) is 18.9 Å². The summed E-state index contributed by atoms with van der Waals surface area (Å²) in [4.78, 5) is 35.2. The van der Waals surface area contributed by atoms with E-state index in [1.807, 2.05) is 4.58 Å². The number of aliphatic imine (C=N–C) groups is 1. The van der Waals surface area contributed by atoms with Crippen LogP contribution in [0.25, 0.3) is 0 Å². The van der Waals surface area contributed by atoms with Gasteiger partial charge in [0.2, 0.25) is 0 Å². The van der Waals surface area contributed by atoms with Gasteiger partial charge in [-0.15, -0.1) is 0 Å². The van der Waals surface area contributed by atoms with E-state index in [1.54, 1.807) is 19.2 Å². The molecule has 1 atom stereocenters. The number of nitrogens with zero attached hydrogens (tertiary/aromatic N) is 5. The van der Waals surface area contributed by atoms with Gasteiger partial charge >= 0.3 is 11.9 Å². The lowest BCUT2D eigenvalue weighted by Crippen LogP contribution is -2.61. The summed E-state index contributed by atoms with van der Waals surface area (Å²) in [5, 5.41) is 0. The van der Waals surface area contributed by atoms with Crippen LogP contribution < -0.4 is 0 Å². The number of amides is 3. The van der Waals surface area contributed by atoms with Gasteiger partial charge in [-0.05, 0) is 40.2 Å². The normalized spacial score (nSPS) is 21.1. The van der Waals surface area contributed by atoms with Gasteiger partial charge in [-0.3, -0.25) is 19.5 Å². The van der Waals surface area contributed by atoms with Gasteiger partial charge in [0.25, 0.3) is 17.8 Å². The molecule has 3 aliphatic rings. The molecule has 1 unspecified atom stereocenters. The minimum Gasteiger partial charge on any atom is -0.287 e. The first-order valence-electron chi connectivity index (χ1n) is 10.7. The topological polar surface area (TPSA) is 59.2 Å². The molecule has 32 heavy (non-hydrogen) atoms. The van der Waals surface area contributed by atoms with Crippen molar-refractivity contribution in [1.82, 2.24) is 14.7 Å². The number of fused-ring (bicyclic) bond motifs is 2. The zero-order chi connectivity index (χ0) is 22.4. The fraction of sp³-hybridized carbons (Fsp3) is 0.333. The second-order valence-electron chi connectivity index (χ2n) is 8.51. The van der Waals surface area contributed by atoms with E-state index in [9.17, 15) is 14.0 Å². The van der Waals surface area contributed by atoms with E-state index in [-0.39, 0.29) is 17.8 Å². The molecule has 2 aromatic rings. The van der Waals surface area contributed by atoms with Crippen molar-refractivity contribution in [2.45, 2.75) is 25.6 Å². The Bertz CT molecular complexity index is 1160. The molecule has 7 nitrogen and oxygen atoms in total. The number of rotatable bonds is 4. The fourth-order valence-electron chi connectivity index (χ4n) is 4.63. The molecule has 1 saturated heterocycles. The molecule has 164 valence electrons. The molecule has 0 aliphatic carbocycles. The molecule has 3 aliphatic heterocycles. The summed E-state index contributed by atoms with van der Waals surface area (Å²) in [6, 6.07) is 13.6. The third-order valence-corrected chi connectivity index (χ3v) is 6.45. The molecule has 3 amide bonds. The summed E-state index contributed by atoms with van der Waals surface area (Å²) in [6.45, 7) is 2.67. The number of likely N-dealkylation sites (N-methyl/N-ethyl adjacent to an activating group) is 2. The molecule has 5 rings (SSSR count). The quantitative estimate of drug-likeness (QED) is 0.693. The molecule has 0 N–H and O–H groups in total. The molecule has 3 heterocycles. The summed E-state index contributed by atoms with van der Waals surface area (Å²) in [5.74, 6) is 0.597. The third-order valence-electron chi connectivity index (χ3n) is 6.45. The van der Waals surface area contributed by atoms with Gasteiger partial charge in [0, 0.05) is 27.2 Å². The van der Waals surface area contributed by atoms with Crippen molar-refractivity contribution in [2.24, 2.45) is 4.99 Å². The summed E-state index contributed by atoms with van der Waals surface area (Å²) >= 11 is 0. The molecule has 0 saturated carbocycles. The molecular formula is C24H25FN5O2+. The maximum Gasteiger partial charge on any atom is 0.333 e. The van der Waals surface area contributed by atoms with E-state index in [1.165, 1.54) is 35.2 Å². The Morgan fingerprint density at radius 2 is 1.75 bits per heavy atom. The lowest BCUT2D eigenvalue weighted by atomic mass is 10.00. The van der Waals surface area contributed by atoms with Crippen LogP contribution in [-0.2, 0) is 24.3 Å². The minimum absolute atomic E-state index is 0.298. The van der Waals surface area contributed by atoms with Crippen LogP contribution in [0.4, 0.5) is 9.18 Å². The second-order valence-corrected chi connectivity index (χ2v) is 8.51. The van der Waals surface area contributed by atoms with E-state index < -0.39 is 6.04 Å². The highest BCUT2D eigenvalue weighted by Crippen LogP contribution is 2.23. The predicted octanol–water partition coefficient (Wildman–Crippen LogP) is 2.10. The number of hydrogen-bond donors (Lipinski definition) is 0. The standard InChI is InChI=1S/C24H25FN5O2/c1-27-22-21(23(31)28(2)24(27)32)30(13-16-7-9-19(25)10-8-16)20(26-22)15-29-12-11-17-5-3-4-6-18(17)14-29/h3-10,21H,11-15H2,1-2H3/q+1. The van der Waals surface area contributed by atoms with Gasteiger partial charge in [-0.25, -0.2) is 13.8 Å². The first-order chi connectivity index (χ1) is 15.4. The van der Waals surface area contributed by atoms with Gasteiger partial charge in [-0.1, -0.05) is 36.4 Å². The Hall–Kier alpha value is -3.39. The molecular weight excluding hydrogens is 409 g/mol. The zero-order valence-corrected chi connectivity index (χ0v) is 18.2. The number of hydrogen-bond acceptors (Lipinski definition) is 4. The van der Waals surface area contributed by atoms with Crippen LogP contribution in [0.2, 0.25) is 0 Å². The molecule has 0 bridgehead atoms. The minimum atomic E-state index is -0.667. The number of halogens is 1. The van der Waals surface area contributed by atoms with Crippen molar-refractivity contribution < 1.29 is 18.6 Å². The van der Waals surface area contributed by atoms with Crippen molar-refractivity contribution in [3.05, 3.63) is 71.0 Å². The van der Waals surface area contributed by atoms with Crippen LogP contribution in [0, 0.1) is 5.82 Å². The number of urea groups is 1.